The molecule has 0 aromatic rings. The van der Waals surface area contributed by atoms with Gasteiger partial charge in [-0.1, -0.05) is 53.2 Å². The lowest BCUT2D eigenvalue weighted by Gasteiger charge is -2.71. The van der Waals surface area contributed by atoms with Crippen molar-refractivity contribution in [2.24, 2.45) is 50.2 Å². The Morgan fingerprint density at radius 3 is 2.30 bits per heavy atom. The summed E-state index contributed by atoms with van der Waals surface area (Å²) >= 11 is 0. The van der Waals surface area contributed by atoms with Gasteiger partial charge in [-0.05, 0) is 97.2 Å². The van der Waals surface area contributed by atoms with Crippen LogP contribution in [0.25, 0.3) is 0 Å². The number of rotatable bonds is 4. The van der Waals surface area contributed by atoms with E-state index in [-0.39, 0.29) is 52.6 Å². The Morgan fingerprint density at radius 1 is 0.932 bits per heavy atom. The molecule has 1 aliphatic heterocycles. The Bertz CT molecular complexity index is 1190. The largest absolute Gasteiger partial charge is 0.481 e. The summed E-state index contributed by atoms with van der Waals surface area (Å²) in [6, 6.07) is 0. The van der Waals surface area contributed by atoms with E-state index in [1.807, 2.05) is 0 Å². The Balaban J connectivity index is 1.34. The summed E-state index contributed by atoms with van der Waals surface area (Å²) in [5.41, 5.74) is -1.15. The van der Waals surface area contributed by atoms with E-state index in [2.05, 4.69) is 47.6 Å². The summed E-state index contributed by atoms with van der Waals surface area (Å²) in [6.45, 7) is 13.4. The van der Waals surface area contributed by atoms with Crippen LogP contribution in [0.2, 0.25) is 0 Å². The van der Waals surface area contributed by atoms with Crippen LogP contribution in [0.15, 0.2) is 11.6 Å². The highest BCUT2D eigenvalue weighted by Crippen LogP contribution is 2.76. The first-order valence-corrected chi connectivity index (χ1v) is 17.0. The second kappa shape index (κ2) is 10.5. The zero-order valence-electron chi connectivity index (χ0n) is 27.5. The van der Waals surface area contributed by atoms with Crippen molar-refractivity contribution in [2.75, 3.05) is 13.2 Å². The first-order chi connectivity index (χ1) is 20.4. The number of aliphatic carboxylic acids is 1. The molecular weight excluding hydrogens is 564 g/mol. The third-order valence-corrected chi connectivity index (χ3v) is 14.9. The molecule has 14 atom stereocenters. The van der Waals surface area contributed by atoms with Crippen LogP contribution in [0, 0.1) is 50.2 Å². The molecule has 0 radical (unpaired) electrons. The monoisotopic (exact) mass is 620 g/mol. The Morgan fingerprint density at radius 2 is 1.64 bits per heavy atom. The van der Waals surface area contributed by atoms with Crippen LogP contribution >= 0.6 is 0 Å². The first kappa shape index (κ1) is 32.9. The second-order valence-corrected chi connectivity index (χ2v) is 17.4. The Hall–Kier alpha value is -1.07. The minimum atomic E-state index is -1.38. The van der Waals surface area contributed by atoms with Crippen molar-refractivity contribution in [1.82, 2.24) is 0 Å². The van der Waals surface area contributed by atoms with E-state index in [1.165, 1.54) is 5.57 Å². The van der Waals surface area contributed by atoms with Gasteiger partial charge in [0.05, 0.1) is 25.4 Å². The van der Waals surface area contributed by atoms with Gasteiger partial charge in [-0.2, -0.15) is 0 Å². The summed E-state index contributed by atoms with van der Waals surface area (Å²) in [7, 11) is 0. The highest BCUT2D eigenvalue weighted by molar-refractivity contribution is 5.77. The van der Waals surface area contributed by atoms with Gasteiger partial charge in [-0.25, -0.2) is 0 Å². The number of aliphatic hydroxyl groups excluding tert-OH is 5. The number of carboxylic acids is 1. The zero-order chi connectivity index (χ0) is 32.3. The lowest BCUT2D eigenvalue weighted by molar-refractivity contribution is -0.313. The lowest BCUT2D eigenvalue weighted by Crippen LogP contribution is -2.68. The number of carbonyl (C=O) groups is 1. The molecule has 5 fully saturated rings. The molecule has 9 heteroatoms. The average Bonchev–Trinajstić information content (AvgIpc) is 2.94. The van der Waals surface area contributed by atoms with Gasteiger partial charge in [0.1, 0.15) is 23.7 Å². The zero-order valence-corrected chi connectivity index (χ0v) is 27.5. The van der Waals surface area contributed by atoms with Gasteiger partial charge in [0, 0.05) is 5.41 Å². The SMILES string of the molecule is CC1(C)CC[C@@]2(C(=O)O)C(C1)C1=CCC3[C@@]4(C)CC[C@H](O[C@@H]5OC[C@H](O)[C@H](O)[C@H]5O)[C@@](C)(CO)C4CC[C@@]3(C)[C@]1(C)C[C@H]2O. The molecule has 1 heterocycles. The number of hydrogen-bond acceptors (Lipinski definition) is 8. The summed E-state index contributed by atoms with van der Waals surface area (Å²) in [5.74, 6) is -0.665. The number of allylic oxidation sites excluding steroid dienone is 2. The maximum absolute atomic E-state index is 13.0. The highest BCUT2D eigenvalue weighted by atomic mass is 16.7. The molecule has 9 nitrogen and oxygen atoms in total. The van der Waals surface area contributed by atoms with E-state index in [0.717, 1.165) is 38.5 Å². The quantitative estimate of drug-likeness (QED) is 0.204. The topological polar surface area (TPSA) is 157 Å². The third-order valence-electron chi connectivity index (χ3n) is 14.9. The Kier molecular flexibility index (Phi) is 7.81. The van der Waals surface area contributed by atoms with Crippen LogP contribution in [0.5, 0.6) is 0 Å². The second-order valence-electron chi connectivity index (χ2n) is 17.4. The molecule has 250 valence electrons. The minimum Gasteiger partial charge on any atom is -0.481 e. The molecule has 6 aliphatic rings. The number of aliphatic hydroxyl groups is 5. The van der Waals surface area contributed by atoms with Crippen molar-refractivity contribution in [1.29, 1.82) is 0 Å². The molecule has 6 N–H and O–H groups in total. The minimum absolute atomic E-state index is 0.00883. The molecule has 0 amide bonds. The predicted octanol–water partition coefficient (Wildman–Crippen LogP) is 3.64. The Labute approximate surface area is 262 Å². The van der Waals surface area contributed by atoms with Gasteiger partial charge < -0.3 is 40.1 Å². The summed E-state index contributed by atoms with van der Waals surface area (Å²) in [4.78, 5) is 13.0. The van der Waals surface area contributed by atoms with Crippen LogP contribution < -0.4 is 0 Å². The van der Waals surface area contributed by atoms with Crippen LogP contribution in [0.4, 0.5) is 0 Å². The molecule has 3 unspecified atom stereocenters. The van der Waals surface area contributed by atoms with Crippen molar-refractivity contribution < 1.29 is 44.9 Å². The highest BCUT2D eigenvalue weighted by Gasteiger charge is 2.71. The molecule has 6 rings (SSSR count). The van der Waals surface area contributed by atoms with Gasteiger partial charge in [-0.15, -0.1) is 0 Å². The van der Waals surface area contributed by atoms with Crippen molar-refractivity contribution in [3.8, 4) is 0 Å². The van der Waals surface area contributed by atoms with Crippen molar-refractivity contribution >= 4 is 5.97 Å². The molecule has 0 bridgehead atoms. The molecular formula is C35H56O9. The fourth-order valence-corrected chi connectivity index (χ4v) is 12.0. The molecule has 0 spiro atoms. The predicted molar refractivity (Wildman–Crippen MR) is 162 cm³/mol. The fourth-order valence-electron chi connectivity index (χ4n) is 12.0. The average molecular weight is 621 g/mol. The van der Waals surface area contributed by atoms with Gasteiger partial charge in [0.25, 0.3) is 0 Å². The van der Waals surface area contributed by atoms with Crippen LogP contribution in [0.1, 0.15) is 99.3 Å². The van der Waals surface area contributed by atoms with Crippen LogP contribution in [0.3, 0.4) is 0 Å². The van der Waals surface area contributed by atoms with Gasteiger partial charge in [0.15, 0.2) is 6.29 Å². The first-order valence-electron chi connectivity index (χ1n) is 17.0. The smallest absolute Gasteiger partial charge is 0.312 e. The van der Waals surface area contributed by atoms with Crippen LogP contribution in [-0.4, -0.2) is 86.6 Å². The molecule has 0 aromatic heterocycles. The van der Waals surface area contributed by atoms with Gasteiger partial charge in [0.2, 0.25) is 0 Å². The van der Waals surface area contributed by atoms with Crippen molar-refractivity contribution in [3.63, 3.8) is 0 Å². The number of carboxylic acid groups (broad SMARTS) is 1. The number of hydrogen-bond donors (Lipinski definition) is 6. The molecule has 0 aromatic carbocycles. The third kappa shape index (κ3) is 4.25. The summed E-state index contributed by atoms with van der Waals surface area (Å²) in [6.07, 6.45) is 2.66. The van der Waals surface area contributed by atoms with E-state index in [1.54, 1.807) is 0 Å². The fraction of sp³-hybridized carbons (Fsp3) is 0.914. The standard InChI is InChI=1S/C35H56O9/c1-30(2)13-14-35(29(41)42)20(15-30)19-7-8-23-31(3)11-10-25(44-28-27(40)26(39)21(37)17-43-28)32(4,18-36)22(31)9-12-33(23,5)34(19,6)16-24(35)38/h7,20-28,36-40H,8-18H2,1-6H3,(H,41,42)/t20?,21-,22?,23?,24+,25-,26-,27+,28-,31-,32-,33+,34+,35+/m0/s1. The van der Waals surface area contributed by atoms with E-state index in [0.29, 0.717) is 19.3 Å². The summed E-state index contributed by atoms with van der Waals surface area (Å²) in [5, 5.41) is 64.2. The molecule has 1 saturated heterocycles. The van der Waals surface area contributed by atoms with Gasteiger partial charge >= 0.3 is 5.97 Å². The van der Waals surface area contributed by atoms with E-state index in [4.69, 9.17) is 9.47 Å². The summed E-state index contributed by atoms with van der Waals surface area (Å²) < 4.78 is 12.0. The molecule has 44 heavy (non-hydrogen) atoms. The molecule has 4 saturated carbocycles. The normalized spacial score (nSPS) is 55.1. The van der Waals surface area contributed by atoms with Crippen molar-refractivity contribution in [2.45, 2.75) is 136 Å². The van der Waals surface area contributed by atoms with Gasteiger partial charge in [-0.3, -0.25) is 4.79 Å². The molecule has 5 aliphatic carbocycles. The maximum Gasteiger partial charge on any atom is 0.312 e. The maximum atomic E-state index is 13.0. The van der Waals surface area contributed by atoms with Crippen LogP contribution in [-0.2, 0) is 14.3 Å². The van der Waals surface area contributed by atoms with E-state index in [9.17, 15) is 35.4 Å². The van der Waals surface area contributed by atoms with E-state index >= 15 is 0 Å². The van der Waals surface area contributed by atoms with E-state index < -0.39 is 53.6 Å². The number of ether oxygens (including phenoxy) is 2. The van der Waals surface area contributed by atoms with Crippen molar-refractivity contribution in [3.05, 3.63) is 11.6 Å². The number of fused-ring (bicyclic) bond motifs is 7. The lowest BCUT2D eigenvalue weighted by atomic mass is 9.33.